The van der Waals surface area contributed by atoms with E-state index in [1.807, 2.05) is 11.3 Å². The molecule has 0 fully saturated rings. The fraction of sp³-hybridized carbons (Fsp3) is 0.286. The van der Waals surface area contributed by atoms with Crippen molar-refractivity contribution in [3.05, 3.63) is 47.4 Å². The van der Waals surface area contributed by atoms with Crippen molar-refractivity contribution in [1.82, 2.24) is 20.5 Å². The van der Waals surface area contributed by atoms with Crippen molar-refractivity contribution in [2.45, 2.75) is 25.9 Å². The van der Waals surface area contributed by atoms with Crippen molar-refractivity contribution >= 4 is 21.4 Å². The molecule has 2 atom stereocenters. The highest BCUT2D eigenvalue weighted by atomic mass is 32.1. The normalized spacial score (nSPS) is 14.6. The Morgan fingerprint density at radius 2 is 2.05 bits per heavy atom. The number of rotatable bonds is 4. The smallest absolute Gasteiger partial charge is 0.141 e. The molecule has 0 saturated carbocycles. The van der Waals surface area contributed by atoms with Gasteiger partial charge < -0.3 is 5.32 Å². The summed E-state index contributed by atoms with van der Waals surface area (Å²) in [5.41, 5.74) is 0. The summed E-state index contributed by atoms with van der Waals surface area (Å²) < 4.78 is 1.33. The lowest BCUT2D eigenvalue weighted by Crippen LogP contribution is -2.22. The van der Waals surface area contributed by atoms with Gasteiger partial charge in [-0.15, -0.1) is 11.3 Å². The van der Waals surface area contributed by atoms with Crippen LogP contribution >= 0.6 is 11.3 Å². The van der Waals surface area contributed by atoms with Crippen LogP contribution in [0.25, 0.3) is 10.1 Å². The van der Waals surface area contributed by atoms with Crippen LogP contribution in [0.2, 0.25) is 0 Å². The minimum atomic E-state index is 0.155. The second kappa shape index (κ2) is 5.11. The Morgan fingerprint density at radius 3 is 2.79 bits per heavy atom. The number of thiophene rings is 1. The Kier molecular flexibility index (Phi) is 3.31. The standard InChI is InChI=1S/C14H16N4S/c1-9(17-10(2)14-15-8-16-18-14)13-7-11-5-3-4-6-12(11)19-13/h3-10,17H,1-2H3,(H,15,16,18). The Balaban J connectivity index is 1.78. The van der Waals surface area contributed by atoms with E-state index in [2.05, 4.69) is 64.7 Å². The van der Waals surface area contributed by atoms with Crippen LogP contribution < -0.4 is 5.32 Å². The van der Waals surface area contributed by atoms with Crippen LogP contribution in [0.5, 0.6) is 0 Å². The molecule has 2 aromatic heterocycles. The van der Waals surface area contributed by atoms with Gasteiger partial charge in [0.2, 0.25) is 0 Å². The number of aromatic nitrogens is 3. The molecule has 0 aliphatic heterocycles. The van der Waals surface area contributed by atoms with Crippen LogP contribution in [0, 0.1) is 0 Å². The van der Waals surface area contributed by atoms with Gasteiger partial charge in [0.15, 0.2) is 0 Å². The van der Waals surface area contributed by atoms with Gasteiger partial charge in [-0.2, -0.15) is 5.10 Å². The van der Waals surface area contributed by atoms with Crippen LogP contribution in [0.3, 0.4) is 0 Å². The third-order valence-electron chi connectivity index (χ3n) is 3.22. The second-order valence-corrected chi connectivity index (χ2v) is 5.78. The molecule has 0 aliphatic rings. The maximum atomic E-state index is 4.18. The van der Waals surface area contributed by atoms with Crippen LogP contribution in [0.15, 0.2) is 36.7 Å². The summed E-state index contributed by atoms with van der Waals surface area (Å²) in [5.74, 6) is 0.868. The highest BCUT2D eigenvalue weighted by Gasteiger charge is 2.14. The van der Waals surface area contributed by atoms with E-state index in [1.165, 1.54) is 21.3 Å². The summed E-state index contributed by atoms with van der Waals surface area (Å²) in [5, 5.41) is 11.6. The summed E-state index contributed by atoms with van der Waals surface area (Å²) in [6, 6.07) is 11.2. The Hall–Kier alpha value is -1.72. The van der Waals surface area contributed by atoms with Crippen molar-refractivity contribution in [2.24, 2.45) is 0 Å². The summed E-state index contributed by atoms with van der Waals surface area (Å²) in [6.07, 6.45) is 1.54. The maximum absolute atomic E-state index is 4.18. The van der Waals surface area contributed by atoms with E-state index in [-0.39, 0.29) is 12.1 Å². The molecule has 2 heterocycles. The van der Waals surface area contributed by atoms with Gasteiger partial charge in [0, 0.05) is 15.6 Å². The predicted octanol–water partition coefficient (Wildman–Crippen LogP) is 3.43. The lowest BCUT2D eigenvalue weighted by atomic mass is 10.2. The number of aromatic amines is 1. The highest BCUT2D eigenvalue weighted by Crippen LogP contribution is 2.30. The third-order valence-corrected chi connectivity index (χ3v) is 4.51. The molecular weight excluding hydrogens is 256 g/mol. The third kappa shape index (κ3) is 2.52. The lowest BCUT2D eigenvalue weighted by Gasteiger charge is -2.16. The zero-order valence-electron chi connectivity index (χ0n) is 10.9. The van der Waals surface area contributed by atoms with E-state index < -0.39 is 0 Å². The molecule has 3 aromatic rings. The van der Waals surface area contributed by atoms with Gasteiger partial charge in [0.05, 0.1) is 6.04 Å². The Bertz CT molecular complexity index is 626. The molecule has 0 radical (unpaired) electrons. The van der Waals surface area contributed by atoms with Crippen molar-refractivity contribution in [3.8, 4) is 0 Å². The largest absolute Gasteiger partial charge is 0.300 e. The molecule has 0 aliphatic carbocycles. The van der Waals surface area contributed by atoms with E-state index in [9.17, 15) is 0 Å². The molecule has 19 heavy (non-hydrogen) atoms. The predicted molar refractivity (Wildman–Crippen MR) is 78.2 cm³/mol. The first kappa shape index (κ1) is 12.3. The first-order valence-electron chi connectivity index (χ1n) is 6.34. The molecule has 3 rings (SSSR count). The van der Waals surface area contributed by atoms with Gasteiger partial charge in [-0.1, -0.05) is 18.2 Å². The zero-order chi connectivity index (χ0) is 13.2. The molecule has 0 amide bonds. The van der Waals surface area contributed by atoms with Gasteiger partial charge in [-0.05, 0) is 31.4 Å². The quantitative estimate of drug-likeness (QED) is 0.765. The lowest BCUT2D eigenvalue weighted by molar-refractivity contribution is 0.482. The van der Waals surface area contributed by atoms with Crippen LogP contribution in [-0.4, -0.2) is 15.2 Å². The van der Waals surface area contributed by atoms with E-state index in [4.69, 9.17) is 0 Å². The van der Waals surface area contributed by atoms with E-state index >= 15 is 0 Å². The minimum absolute atomic E-state index is 0.155. The van der Waals surface area contributed by atoms with Crippen molar-refractivity contribution in [1.29, 1.82) is 0 Å². The first-order valence-corrected chi connectivity index (χ1v) is 7.15. The molecule has 0 spiro atoms. The fourth-order valence-electron chi connectivity index (χ4n) is 2.18. The molecule has 1 aromatic carbocycles. The molecule has 2 unspecified atom stereocenters. The van der Waals surface area contributed by atoms with E-state index in [0.717, 1.165) is 5.82 Å². The topological polar surface area (TPSA) is 53.6 Å². The molecule has 5 heteroatoms. The van der Waals surface area contributed by atoms with Crippen molar-refractivity contribution < 1.29 is 0 Å². The number of hydrogen-bond donors (Lipinski definition) is 2. The number of hydrogen-bond acceptors (Lipinski definition) is 4. The zero-order valence-corrected chi connectivity index (χ0v) is 11.7. The second-order valence-electron chi connectivity index (χ2n) is 4.67. The number of nitrogens with one attached hydrogen (secondary N) is 2. The van der Waals surface area contributed by atoms with Crippen LogP contribution in [0.4, 0.5) is 0 Å². The molecule has 2 N–H and O–H groups in total. The van der Waals surface area contributed by atoms with Gasteiger partial charge >= 0.3 is 0 Å². The molecular formula is C14H16N4S. The van der Waals surface area contributed by atoms with Gasteiger partial charge in [0.25, 0.3) is 0 Å². The molecule has 0 bridgehead atoms. The molecule has 0 saturated heterocycles. The number of nitrogens with zero attached hydrogens (tertiary/aromatic N) is 2. The molecule has 4 nitrogen and oxygen atoms in total. The number of fused-ring (bicyclic) bond motifs is 1. The average Bonchev–Trinajstić information content (AvgIpc) is 3.07. The van der Waals surface area contributed by atoms with Crippen molar-refractivity contribution in [2.75, 3.05) is 0 Å². The number of benzene rings is 1. The van der Waals surface area contributed by atoms with Crippen LogP contribution in [0.1, 0.15) is 36.6 Å². The highest BCUT2D eigenvalue weighted by molar-refractivity contribution is 7.19. The maximum Gasteiger partial charge on any atom is 0.141 e. The van der Waals surface area contributed by atoms with Crippen molar-refractivity contribution in [3.63, 3.8) is 0 Å². The minimum Gasteiger partial charge on any atom is -0.300 e. The Morgan fingerprint density at radius 1 is 1.21 bits per heavy atom. The van der Waals surface area contributed by atoms with E-state index in [0.29, 0.717) is 0 Å². The van der Waals surface area contributed by atoms with Gasteiger partial charge in [-0.25, -0.2) is 4.98 Å². The average molecular weight is 272 g/mol. The summed E-state index contributed by atoms with van der Waals surface area (Å²) in [4.78, 5) is 5.52. The summed E-state index contributed by atoms with van der Waals surface area (Å²) in [6.45, 7) is 4.27. The fourth-order valence-corrected chi connectivity index (χ4v) is 3.25. The SMILES string of the molecule is CC(NC(C)c1cc2ccccc2s1)c1ncn[nH]1. The molecule has 98 valence electrons. The number of H-pyrrole nitrogens is 1. The summed E-state index contributed by atoms with van der Waals surface area (Å²) in [7, 11) is 0. The van der Waals surface area contributed by atoms with E-state index in [1.54, 1.807) is 0 Å². The first-order chi connectivity index (χ1) is 9.24. The summed E-state index contributed by atoms with van der Waals surface area (Å²) >= 11 is 1.84. The van der Waals surface area contributed by atoms with Gasteiger partial charge in [-0.3, -0.25) is 5.10 Å². The Labute approximate surface area is 115 Å². The monoisotopic (exact) mass is 272 g/mol. The van der Waals surface area contributed by atoms with Crippen LogP contribution in [-0.2, 0) is 0 Å². The van der Waals surface area contributed by atoms with Gasteiger partial charge in [0.1, 0.15) is 12.2 Å².